The Kier molecular flexibility index (Phi) is 5.20. The van der Waals surface area contributed by atoms with Gasteiger partial charge in [0.25, 0.3) is 5.91 Å². The Morgan fingerprint density at radius 3 is 2.79 bits per heavy atom. The SMILES string of the molecule is CN(C(=O)c1cc2cc([C@H]3CCOC(C)(C)C3)sc2n1CC#N)c1ccccc1. The monoisotopic (exact) mass is 407 g/mol. The number of hydrogen-bond donors (Lipinski definition) is 0. The number of anilines is 1. The molecule has 6 heteroatoms. The van der Waals surface area contributed by atoms with Crippen LogP contribution in [0.25, 0.3) is 10.2 Å². The van der Waals surface area contributed by atoms with Gasteiger partial charge in [-0.2, -0.15) is 5.26 Å². The van der Waals surface area contributed by atoms with E-state index in [9.17, 15) is 10.1 Å². The van der Waals surface area contributed by atoms with Gasteiger partial charge in [-0.3, -0.25) is 4.79 Å². The van der Waals surface area contributed by atoms with Crippen LogP contribution in [0.3, 0.4) is 0 Å². The minimum absolute atomic E-state index is 0.108. The molecule has 150 valence electrons. The van der Waals surface area contributed by atoms with Crippen molar-refractivity contribution in [1.29, 1.82) is 5.26 Å². The van der Waals surface area contributed by atoms with Gasteiger partial charge < -0.3 is 14.2 Å². The molecule has 1 saturated heterocycles. The van der Waals surface area contributed by atoms with Crippen molar-refractivity contribution in [3.05, 3.63) is 53.0 Å². The van der Waals surface area contributed by atoms with Gasteiger partial charge in [-0.25, -0.2) is 0 Å². The minimum Gasteiger partial charge on any atom is -0.376 e. The highest BCUT2D eigenvalue weighted by Gasteiger charge is 2.31. The van der Waals surface area contributed by atoms with Gasteiger partial charge in [0.15, 0.2) is 0 Å². The number of fused-ring (bicyclic) bond motifs is 1. The molecule has 0 unspecified atom stereocenters. The van der Waals surface area contributed by atoms with E-state index in [0.29, 0.717) is 11.6 Å². The van der Waals surface area contributed by atoms with Crippen LogP contribution in [0.4, 0.5) is 5.69 Å². The summed E-state index contributed by atoms with van der Waals surface area (Å²) in [5.74, 6) is 0.349. The summed E-state index contributed by atoms with van der Waals surface area (Å²) in [5, 5.41) is 10.4. The average Bonchev–Trinajstić information content (AvgIpc) is 3.26. The summed E-state index contributed by atoms with van der Waals surface area (Å²) in [4.78, 5) is 17.1. The first-order chi connectivity index (χ1) is 13.9. The van der Waals surface area contributed by atoms with Gasteiger partial charge in [0.2, 0.25) is 0 Å². The smallest absolute Gasteiger partial charge is 0.274 e. The van der Waals surface area contributed by atoms with Crippen molar-refractivity contribution >= 4 is 33.1 Å². The molecule has 2 aromatic heterocycles. The van der Waals surface area contributed by atoms with Crippen LogP contribution >= 0.6 is 11.3 Å². The topological polar surface area (TPSA) is 58.3 Å². The molecule has 0 saturated carbocycles. The van der Waals surface area contributed by atoms with Gasteiger partial charge in [0.05, 0.1) is 11.7 Å². The number of amides is 1. The Morgan fingerprint density at radius 2 is 2.10 bits per heavy atom. The third kappa shape index (κ3) is 3.81. The molecule has 0 aliphatic carbocycles. The molecule has 29 heavy (non-hydrogen) atoms. The molecule has 0 bridgehead atoms. The quantitative estimate of drug-likeness (QED) is 0.599. The van der Waals surface area contributed by atoms with Gasteiger partial charge >= 0.3 is 0 Å². The largest absolute Gasteiger partial charge is 0.376 e. The van der Waals surface area contributed by atoms with Crippen LogP contribution in [0.1, 0.15) is 48.0 Å². The van der Waals surface area contributed by atoms with Crippen molar-refractivity contribution in [3.8, 4) is 6.07 Å². The van der Waals surface area contributed by atoms with Crippen LogP contribution in [-0.2, 0) is 11.3 Å². The van der Waals surface area contributed by atoms with E-state index in [-0.39, 0.29) is 18.1 Å². The second kappa shape index (κ2) is 7.66. The van der Waals surface area contributed by atoms with E-state index in [2.05, 4.69) is 26.0 Å². The summed E-state index contributed by atoms with van der Waals surface area (Å²) < 4.78 is 7.72. The lowest BCUT2D eigenvalue weighted by molar-refractivity contribution is -0.0588. The van der Waals surface area contributed by atoms with Gasteiger partial charge in [-0.15, -0.1) is 11.3 Å². The number of para-hydroxylation sites is 1. The van der Waals surface area contributed by atoms with Crippen LogP contribution in [0.15, 0.2) is 42.5 Å². The first kappa shape index (κ1) is 19.7. The van der Waals surface area contributed by atoms with E-state index >= 15 is 0 Å². The maximum atomic E-state index is 13.2. The summed E-state index contributed by atoms with van der Waals surface area (Å²) >= 11 is 1.70. The minimum atomic E-state index is -0.112. The van der Waals surface area contributed by atoms with Crippen molar-refractivity contribution in [2.24, 2.45) is 0 Å². The number of thiophene rings is 1. The molecule has 1 amide bonds. The van der Waals surface area contributed by atoms with Crippen LogP contribution in [0.5, 0.6) is 0 Å². The number of ether oxygens (including phenoxy) is 1. The van der Waals surface area contributed by atoms with E-state index in [1.54, 1.807) is 23.3 Å². The summed E-state index contributed by atoms with van der Waals surface area (Å²) in [6.07, 6.45) is 1.99. The molecule has 0 N–H and O–H groups in total. The molecule has 0 radical (unpaired) electrons. The fourth-order valence-corrected chi connectivity index (χ4v) is 5.37. The molecule has 5 nitrogen and oxygen atoms in total. The second-order valence-corrected chi connectivity index (χ2v) is 9.24. The highest BCUT2D eigenvalue weighted by molar-refractivity contribution is 7.18. The summed E-state index contributed by atoms with van der Waals surface area (Å²) in [5.41, 5.74) is 1.27. The lowest BCUT2D eigenvalue weighted by Gasteiger charge is -2.35. The molecule has 1 aromatic carbocycles. The van der Waals surface area contributed by atoms with Crippen molar-refractivity contribution in [1.82, 2.24) is 4.57 Å². The van der Waals surface area contributed by atoms with E-state index in [0.717, 1.165) is 35.4 Å². The van der Waals surface area contributed by atoms with E-state index < -0.39 is 0 Å². The molecule has 1 fully saturated rings. The molecule has 3 heterocycles. The lowest BCUT2D eigenvalue weighted by Crippen LogP contribution is -2.32. The fourth-order valence-electron chi connectivity index (χ4n) is 4.09. The summed E-state index contributed by atoms with van der Waals surface area (Å²) in [7, 11) is 1.77. The van der Waals surface area contributed by atoms with Crippen molar-refractivity contribution < 1.29 is 9.53 Å². The number of rotatable bonds is 4. The molecule has 1 atom stereocenters. The zero-order valence-corrected chi connectivity index (χ0v) is 17.8. The maximum absolute atomic E-state index is 13.2. The zero-order chi connectivity index (χ0) is 20.6. The van der Waals surface area contributed by atoms with Crippen molar-refractivity contribution in [2.75, 3.05) is 18.6 Å². The van der Waals surface area contributed by atoms with Crippen LogP contribution in [-0.4, -0.2) is 29.7 Å². The number of aromatic nitrogens is 1. The number of nitriles is 1. The Labute approximate surface area is 175 Å². The lowest BCUT2D eigenvalue weighted by atomic mass is 9.87. The fraction of sp³-hybridized carbons (Fsp3) is 0.391. The predicted molar refractivity (Wildman–Crippen MR) is 117 cm³/mol. The first-order valence-electron chi connectivity index (χ1n) is 9.86. The standard InChI is InChI=1S/C23H25N3O2S/c1-23(2)15-16(9-12-28-23)20-14-17-13-19(26(11-10-24)22(17)29-20)21(27)25(3)18-7-5-4-6-8-18/h4-8,13-14,16H,9,11-12,15H2,1-3H3/t16-/m0/s1. The number of carbonyl (C=O) groups excluding carboxylic acids is 1. The Morgan fingerprint density at radius 1 is 1.34 bits per heavy atom. The van der Waals surface area contributed by atoms with Crippen LogP contribution in [0, 0.1) is 11.3 Å². The van der Waals surface area contributed by atoms with Gasteiger partial charge in [-0.1, -0.05) is 18.2 Å². The molecular weight excluding hydrogens is 382 g/mol. The molecule has 4 rings (SSSR count). The maximum Gasteiger partial charge on any atom is 0.274 e. The van der Waals surface area contributed by atoms with E-state index in [1.807, 2.05) is 41.0 Å². The number of benzene rings is 1. The molecule has 1 aliphatic rings. The Balaban J connectivity index is 1.69. The highest BCUT2D eigenvalue weighted by atomic mass is 32.1. The van der Waals surface area contributed by atoms with E-state index in [4.69, 9.17) is 4.74 Å². The normalized spacial score (nSPS) is 18.5. The highest BCUT2D eigenvalue weighted by Crippen LogP contribution is 2.41. The van der Waals surface area contributed by atoms with Crippen molar-refractivity contribution in [2.45, 2.75) is 44.8 Å². The first-order valence-corrected chi connectivity index (χ1v) is 10.7. The summed E-state index contributed by atoms with van der Waals surface area (Å²) in [6.45, 7) is 5.20. The predicted octanol–water partition coefficient (Wildman–Crippen LogP) is 5.18. The Bertz CT molecular complexity index is 1070. The number of carbonyl (C=O) groups is 1. The molecule has 3 aromatic rings. The van der Waals surface area contributed by atoms with Crippen LogP contribution < -0.4 is 4.90 Å². The molecule has 1 aliphatic heterocycles. The van der Waals surface area contributed by atoms with Crippen molar-refractivity contribution in [3.63, 3.8) is 0 Å². The van der Waals surface area contributed by atoms with E-state index in [1.165, 1.54) is 4.88 Å². The third-order valence-electron chi connectivity index (χ3n) is 5.58. The third-order valence-corrected chi connectivity index (χ3v) is 6.92. The average molecular weight is 408 g/mol. The number of hydrogen-bond acceptors (Lipinski definition) is 4. The zero-order valence-electron chi connectivity index (χ0n) is 17.0. The molecule has 0 spiro atoms. The summed E-state index contributed by atoms with van der Waals surface area (Å²) in [6, 6.07) is 15.9. The Hall–Kier alpha value is -2.62. The number of nitrogens with zero attached hydrogens (tertiary/aromatic N) is 3. The van der Waals surface area contributed by atoms with Gasteiger partial charge in [-0.05, 0) is 56.9 Å². The molecular formula is C23H25N3O2S. The second-order valence-electron chi connectivity index (χ2n) is 8.18. The van der Waals surface area contributed by atoms with Crippen LogP contribution in [0.2, 0.25) is 0 Å². The van der Waals surface area contributed by atoms with Gasteiger partial charge in [0, 0.05) is 29.6 Å². The van der Waals surface area contributed by atoms with Gasteiger partial charge in [0.1, 0.15) is 17.1 Å².